The lowest BCUT2D eigenvalue weighted by molar-refractivity contribution is -0.170. The van der Waals surface area contributed by atoms with E-state index in [9.17, 15) is 23.5 Å². The molecule has 10 heteroatoms. The molecule has 0 atom stereocenters. The Bertz CT molecular complexity index is 1370. The highest BCUT2D eigenvalue weighted by Crippen LogP contribution is 2.57. The van der Waals surface area contributed by atoms with E-state index in [1.807, 2.05) is 29.7 Å². The number of fused-ring (bicyclic) bond motifs is 1. The summed E-state index contributed by atoms with van der Waals surface area (Å²) in [5.41, 5.74) is 0.0687. The maximum atomic E-state index is 13.8. The number of carbonyl (C=O) groups excluding carboxylic acids is 2. The largest absolute Gasteiger partial charge is 0.449 e. The molecule has 218 valence electrons. The highest BCUT2D eigenvalue weighted by atomic mass is 19.3. The summed E-state index contributed by atoms with van der Waals surface area (Å²) in [5, 5.41) is 10.1. The number of alkyl halides is 2. The lowest BCUT2D eigenvalue weighted by atomic mass is 9.61. The van der Waals surface area contributed by atoms with E-state index in [-0.39, 0.29) is 47.2 Å². The minimum Gasteiger partial charge on any atom is -0.449 e. The van der Waals surface area contributed by atoms with Crippen LogP contribution in [-0.4, -0.2) is 81.5 Å². The number of pyridine rings is 1. The van der Waals surface area contributed by atoms with Crippen LogP contribution in [0.15, 0.2) is 16.5 Å². The Morgan fingerprint density at radius 1 is 1.05 bits per heavy atom. The predicted octanol–water partition coefficient (Wildman–Crippen LogP) is 4.58. The van der Waals surface area contributed by atoms with Gasteiger partial charge in [-0.1, -0.05) is 20.8 Å². The smallest absolute Gasteiger partial charge is 0.290 e. The molecule has 2 aromatic rings. The molecule has 0 radical (unpaired) electrons. The number of rotatable bonds is 3. The summed E-state index contributed by atoms with van der Waals surface area (Å²) in [6.07, 6.45) is 0.817. The zero-order valence-electron chi connectivity index (χ0n) is 24.3. The molecule has 40 heavy (non-hydrogen) atoms. The molecule has 2 aliphatic heterocycles. The second-order valence-electron chi connectivity index (χ2n) is 14.8. The number of aromatic nitrogens is 1. The minimum atomic E-state index is -2.55. The van der Waals surface area contributed by atoms with Gasteiger partial charge in [-0.25, -0.2) is 13.8 Å². The first-order valence-electron chi connectivity index (χ1n) is 14.3. The predicted molar refractivity (Wildman–Crippen MR) is 147 cm³/mol. The third-order valence-corrected chi connectivity index (χ3v) is 9.31. The van der Waals surface area contributed by atoms with E-state index in [1.54, 1.807) is 17.9 Å². The van der Waals surface area contributed by atoms with E-state index in [4.69, 9.17) is 9.40 Å². The Morgan fingerprint density at radius 3 is 2.25 bits per heavy atom. The number of halogens is 2. The molecular formula is C30H40F2N4O4. The van der Waals surface area contributed by atoms with Gasteiger partial charge in [-0.3, -0.25) is 9.59 Å². The Hall–Kier alpha value is -2.75. The van der Waals surface area contributed by atoms with E-state index in [0.29, 0.717) is 56.7 Å². The van der Waals surface area contributed by atoms with Crippen molar-refractivity contribution in [1.82, 2.24) is 14.8 Å². The van der Waals surface area contributed by atoms with Gasteiger partial charge in [-0.15, -0.1) is 0 Å². The van der Waals surface area contributed by atoms with Crippen LogP contribution in [0.3, 0.4) is 0 Å². The number of piperazine rings is 1. The molecule has 1 spiro atoms. The SMILES string of the molecule is CC(C)(C)c1cc(N2CC3(C2)CC(F)(F)C3)nc2cc(C(=O)N3CCN(C(=O)[C@H]4C[C@](C)(O)C4)CC3(C)C)oc12. The topological polar surface area (TPSA) is 90.1 Å². The molecule has 2 saturated carbocycles. The number of nitrogens with zero attached hydrogens (tertiary/aromatic N) is 4. The molecule has 4 heterocycles. The van der Waals surface area contributed by atoms with Crippen molar-refractivity contribution in [3.63, 3.8) is 0 Å². The van der Waals surface area contributed by atoms with Crippen molar-refractivity contribution in [2.24, 2.45) is 11.3 Å². The average Bonchev–Trinajstić information content (AvgIpc) is 3.20. The van der Waals surface area contributed by atoms with Gasteiger partial charge in [-0.05, 0) is 45.1 Å². The standard InChI is InChI=1S/C30H40F2N4O4/c1-26(2,3)19-9-22(35-16-29(17-35)13-30(31,32)14-29)33-20-10-21(40-23(19)20)25(38)36-8-7-34(15-27(36,4)5)24(37)18-11-28(6,39)12-18/h9-10,18,39H,7-8,11-17H2,1-6H3/t18-,28-. The third kappa shape index (κ3) is 4.56. The van der Waals surface area contributed by atoms with Crippen molar-refractivity contribution in [3.8, 4) is 0 Å². The van der Waals surface area contributed by atoms with Gasteiger partial charge in [-0.2, -0.15) is 0 Å². The van der Waals surface area contributed by atoms with Gasteiger partial charge in [0.2, 0.25) is 11.8 Å². The maximum absolute atomic E-state index is 13.8. The number of furan rings is 1. The molecule has 4 fully saturated rings. The number of anilines is 1. The fraction of sp³-hybridized carbons (Fsp3) is 0.700. The third-order valence-electron chi connectivity index (χ3n) is 9.31. The van der Waals surface area contributed by atoms with Crippen LogP contribution in [0.5, 0.6) is 0 Å². The van der Waals surface area contributed by atoms with Crippen LogP contribution in [0, 0.1) is 11.3 Å². The Labute approximate surface area is 233 Å². The van der Waals surface area contributed by atoms with Crippen molar-refractivity contribution in [2.75, 3.05) is 37.6 Å². The van der Waals surface area contributed by atoms with Gasteiger partial charge >= 0.3 is 0 Å². The summed E-state index contributed by atoms with van der Waals surface area (Å²) in [4.78, 5) is 37.2. The number of carbonyl (C=O) groups is 2. The highest BCUT2D eigenvalue weighted by Gasteiger charge is 2.62. The molecule has 0 bridgehead atoms. The Morgan fingerprint density at radius 2 is 1.70 bits per heavy atom. The van der Waals surface area contributed by atoms with E-state index in [1.165, 1.54) is 0 Å². The lowest BCUT2D eigenvalue weighted by Gasteiger charge is -2.59. The fourth-order valence-electron chi connectivity index (χ4n) is 7.31. The Balaban J connectivity index is 1.22. The molecule has 0 aromatic carbocycles. The first-order valence-corrected chi connectivity index (χ1v) is 14.3. The van der Waals surface area contributed by atoms with Crippen LogP contribution < -0.4 is 4.90 Å². The molecule has 4 aliphatic rings. The molecule has 2 aliphatic carbocycles. The quantitative estimate of drug-likeness (QED) is 0.593. The highest BCUT2D eigenvalue weighted by molar-refractivity contribution is 5.97. The van der Waals surface area contributed by atoms with Crippen LogP contribution in [0.4, 0.5) is 14.6 Å². The number of hydrogen-bond acceptors (Lipinski definition) is 6. The maximum Gasteiger partial charge on any atom is 0.290 e. The zero-order valence-corrected chi connectivity index (χ0v) is 24.3. The van der Waals surface area contributed by atoms with Crippen LogP contribution >= 0.6 is 0 Å². The molecule has 2 saturated heterocycles. The first-order chi connectivity index (χ1) is 18.4. The zero-order chi connectivity index (χ0) is 29.0. The van der Waals surface area contributed by atoms with E-state index >= 15 is 0 Å². The molecular weight excluding hydrogens is 518 g/mol. The second-order valence-corrected chi connectivity index (χ2v) is 14.8. The van der Waals surface area contributed by atoms with Gasteiger partial charge in [0, 0.05) is 68.5 Å². The van der Waals surface area contributed by atoms with Crippen molar-refractivity contribution in [3.05, 3.63) is 23.5 Å². The van der Waals surface area contributed by atoms with Crippen molar-refractivity contribution in [2.45, 2.75) is 89.7 Å². The van der Waals surface area contributed by atoms with Crippen molar-refractivity contribution < 1.29 is 27.9 Å². The first kappa shape index (κ1) is 27.4. The number of amides is 2. The van der Waals surface area contributed by atoms with Crippen LogP contribution in [0.2, 0.25) is 0 Å². The number of hydrogen-bond donors (Lipinski definition) is 1. The van der Waals surface area contributed by atoms with Crippen LogP contribution in [0.1, 0.15) is 83.3 Å². The number of aliphatic hydroxyl groups is 1. The van der Waals surface area contributed by atoms with Crippen LogP contribution in [0.25, 0.3) is 11.1 Å². The molecule has 1 N–H and O–H groups in total. The molecule has 0 unspecified atom stereocenters. The summed E-state index contributed by atoms with van der Waals surface area (Å²) in [7, 11) is 0. The molecule has 6 rings (SSSR count). The molecule has 8 nitrogen and oxygen atoms in total. The van der Waals surface area contributed by atoms with Gasteiger partial charge in [0.15, 0.2) is 11.3 Å². The van der Waals surface area contributed by atoms with E-state index in [0.717, 1.165) is 11.4 Å². The van der Waals surface area contributed by atoms with Crippen molar-refractivity contribution >= 4 is 28.7 Å². The summed E-state index contributed by atoms with van der Waals surface area (Å²) in [6, 6.07) is 3.66. The summed E-state index contributed by atoms with van der Waals surface area (Å²) >= 11 is 0. The fourth-order valence-corrected chi connectivity index (χ4v) is 7.31. The Kier molecular flexibility index (Phi) is 5.75. The minimum absolute atomic E-state index is 0.0420. The normalized spacial score (nSPS) is 28.7. The van der Waals surface area contributed by atoms with E-state index in [2.05, 4.69) is 20.8 Å². The monoisotopic (exact) mass is 558 g/mol. The second kappa shape index (κ2) is 8.39. The van der Waals surface area contributed by atoms with E-state index < -0.39 is 17.1 Å². The lowest BCUT2D eigenvalue weighted by Crippen LogP contribution is -2.66. The van der Waals surface area contributed by atoms with Gasteiger partial charge in [0.05, 0.1) is 11.1 Å². The summed E-state index contributed by atoms with van der Waals surface area (Å²) in [6.45, 7) is 14.2. The van der Waals surface area contributed by atoms with Crippen LogP contribution in [-0.2, 0) is 10.2 Å². The van der Waals surface area contributed by atoms with Gasteiger partial charge in [0.1, 0.15) is 11.3 Å². The molecule has 2 aromatic heterocycles. The van der Waals surface area contributed by atoms with Gasteiger partial charge < -0.3 is 24.2 Å². The summed E-state index contributed by atoms with van der Waals surface area (Å²) in [5.74, 6) is -2.00. The molecule has 2 amide bonds. The average molecular weight is 559 g/mol. The van der Waals surface area contributed by atoms with Gasteiger partial charge in [0.25, 0.3) is 5.91 Å². The van der Waals surface area contributed by atoms with Crippen molar-refractivity contribution in [1.29, 1.82) is 0 Å². The summed E-state index contributed by atoms with van der Waals surface area (Å²) < 4.78 is 33.3.